The van der Waals surface area contributed by atoms with Gasteiger partial charge in [0.25, 0.3) is 0 Å². The Bertz CT molecular complexity index is 1210. The van der Waals surface area contributed by atoms with E-state index in [4.69, 9.17) is 9.47 Å². The number of amides is 1. The molecule has 0 unspecified atom stereocenters. The number of aryl methyl sites for hydroxylation is 1. The zero-order valence-electron chi connectivity index (χ0n) is 19.2. The van der Waals surface area contributed by atoms with Gasteiger partial charge in [0.15, 0.2) is 0 Å². The Hall–Kier alpha value is -3.80. The molecule has 2 aromatic carbocycles. The van der Waals surface area contributed by atoms with Crippen LogP contribution < -0.4 is 14.8 Å². The third-order valence-corrected chi connectivity index (χ3v) is 5.89. The van der Waals surface area contributed by atoms with Crippen LogP contribution in [0.1, 0.15) is 36.1 Å². The van der Waals surface area contributed by atoms with Crippen molar-refractivity contribution in [2.45, 2.75) is 32.4 Å². The quantitative estimate of drug-likeness (QED) is 0.399. The van der Waals surface area contributed by atoms with Crippen LogP contribution in [0, 0.1) is 0 Å². The number of hydrogen-bond acceptors (Lipinski definition) is 4. The number of methoxy groups -OCH3 is 2. The first-order valence-electron chi connectivity index (χ1n) is 11.1. The second-order valence-electron chi connectivity index (χ2n) is 7.89. The van der Waals surface area contributed by atoms with E-state index in [1.165, 1.54) is 0 Å². The zero-order valence-corrected chi connectivity index (χ0v) is 19.2. The summed E-state index contributed by atoms with van der Waals surface area (Å²) in [5.41, 5.74) is 4.06. The van der Waals surface area contributed by atoms with Gasteiger partial charge in [-0.25, -0.2) is 0 Å². The van der Waals surface area contributed by atoms with Gasteiger partial charge >= 0.3 is 0 Å². The second kappa shape index (κ2) is 10.2. The van der Waals surface area contributed by atoms with Crippen molar-refractivity contribution in [3.05, 3.63) is 89.9 Å². The number of nitrogens with zero attached hydrogens (tertiary/aromatic N) is 2. The number of rotatable bonds is 9. The molecule has 1 atom stereocenters. The summed E-state index contributed by atoms with van der Waals surface area (Å²) < 4.78 is 13.3. The molecule has 170 valence electrons. The third kappa shape index (κ3) is 5.00. The minimum absolute atomic E-state index is 0.0410. The average Bonchev–Trinajstić information content (AvgIpc) is 3.25. The maximum absolute atomic E-state index is 13.1. The fourth-order valence-electron chi connectivity index (χ4n) is 4.20. The standard InChI is InChI=1S/C27H29N3O3/c1-4-30-18-25(23-10-5-6-11-26(23)30)24(19-13-21(32-2)15-22(14-19)33-3)16-27(31)29-17-20-9-7-8-12-28-20/h5-15,18,24H,4,16-17H2,1-3H3,(H,29,31)/t24-/m0/s1. The maximum Gasteiger partial charge on any atom is 0.221 e. The van der Waals surface area contributed by atoms with E-state index in [0.717, 1.165) is 34.3 Å². The summed E-state index contributed by atoms with van der Waals surface area (Å²) in [5, 5.41) is 4.17. The lowest BCUT2D eigenvalue weighted by atomic mass is 9.87. The van der Waals surface area contributed by atoms with Crippen LogP contribution in [-0.2, 0) is 17.9 Å². The van der Waals surface area contributed by atoms with Crippen LogP contribution in [0.5, 0.6) is 11.5 Å². The monoisotopic (exact) mass is 443 g/mol. The Morgan fingerprint density at radius 2 is 1.76 bits per heavy atom. The highest BCUT2D eigenvalue weighted by molar-refractivity contribution is 5.86. The first-order valence-corrected chi connectivity index (χ1v) is 11.1. The van der Waals surface area contributed by atoms with E-state index in [1.807, 2.05) is 48.5 Å². The molecule has 33 heavy (non-hydrogen) atoms. The van der Waals surface area contributed by atoms with Gasteiger partial charge in [-0.05, 0) is 48.4 Å². The molecule has 0 bridgehead atoms. The number of fused-ring (bicyclic) bond motifs is 1. The van der Waals surface area contributed by atoms with Crippen LogP contribution in [0.3, 0.4) is 0 Å². The van der Waals surface area contributed by atoms with Crippen molar-refractivity contribution in [2.24, 2.45) is 0 Å². The summed E-state index contributed by atoms with van der Waals surface area (Å²) in [6, 6.07) is 19.8. The lowest BCUT2D eigenvalue weighted by molar-refractivity contribution is -0.121. The molecule has 0 aliphatic heterocycles. The minimum Gasteiger partial charge on any atom is -0.497 e. The predicted octanol–water partition coefficient (Wildman–Crippen LogP) is 4.91. The SMILES string of the molecule is CCn1cc([C@@H](CC(=O)NCc2ccccn2)c2cc(OC)cc(OC)c2)c2ccccc21. The molecule has 0 aliphatic carbocycles. The van der Waals surface area contributed by atoms with E-state index in [2.05, 4.69) is 40.1 Å². The largest absolute Gasteiger partial charge is 0.497 e. The van der Waals surface area contributed by atoms with Gasteiger partial charge in [0, 0.05) is 48.2 Å². The van der Waals surface area contributed by atoms with Gasteiger partial charge in [-0.15, -0.1) is 0 Å². The van der Waals surface area contributed by atoms with E-state index >= 15 is 0 Å². The summed E-state index contributed by atoms with van der Waals surface area (Å²) in [6.07, 6.45) is 4.18. The molecule has 6 heteroatoms. The van der Waals surface area contributed by atoms with Gasteiger partial charge in [0.1, 0.15) is 11.5 Å². The number of benzene rings is 2. The van der Waals surface area contributed by atoms with Crippen LogP contribution in [0.2, 0.25) is 0 Å². The van der Waals surface area contributed by atoms with Crippen molar-refractivity contribution < 1.29 is 14.3 Å². The summed E-state index contributed by atoms with van der Waals surface area (Å²) in [6.45, 7) is 3.37. The molecular formula is C27H29N3O3. The van der Waals surface area contributed by atoms with Gasteiger partial charge in [-0.3, -0.25) is 9.78 Å². The Morgan fingerprint density at radius 3 is 2.42 bits per heavy atom. The fraction of sp³-hybridized carbons (Fsp3) is 0.259. The molecule has 1 amide bonds. The number of carbonyl (C=O) groups is 1. The number of para-hydroxylation sites is 1. The molecule has 1 N–H and O–H groups in total. The number of carbonyl (C=O) groups excluding carboxylic acids is 1. The van der Waals surface area contributed by atoms with Crippen LogP contribution in [0.4, 0.5) is 0 Å². The van der Waals surface area contributed by atoms with Crippen LogP contribution in [0.15, 0.2) is 73.1 Å². The van der Waals surface area contributed by atoms with Crippen LogP contribution in [-0.4, -0.2) is 29.7 Å². The average molecular weight is 444 g/mol. The van der Waals surface area contributed by atoms with Crippen LogP contribution >= 0.6 is 0 Å². The minimum atomic E-state index is -0.171. The third-order valence-electron chi connectivity index (χ3n) is 5.89. The van der Waals surface area contributed by atoms with E-state index in [1.54, 1.807) is 20.4 Å². The molecule has 0 radical (unpaired) electrons. The van der Waals surface area contributed by atoms with Gasteiger partial charge in [-0.2, -0.15) is 0 Å². The van der Waals surface area contributed by atoms with Gasteiger partial charge in [0.05, 0.1) is 26.5 Å². The molecule has 2 aromatic heterocycles. The number of ether oxygens (including phenoxy) is 2. The summed E-state index contributed by atoms with van der Waals surface area (Å²) in [7, 11) is 3.27. The number of aromatic nitrogens is 2. The Balaban J connectivity index is 1.73. The summed E-state index contributed by atoms with van der Waals surface area (Å²) >= 11 is 0. The number of nitrogens with one attached hydrogen (secondary N) is 1. The smallest absolute Gasteiger partial charge is 0.221 e. The molecular weight excluding hydrogens is 414 g/mol. The Labute approximate surface area is 194 Å². The van der Waals surface area contributed by atoms with Gasteiger partial charge < -0.3 is 19.4 Å². The molecule has 0 aliphatic rings. The van der Waals surface area contributed by atoms with Crippen molar-refractivity contribution in [3.63, 3.8) is 0 Å². The highest BCUT2D eigenvalue weighted by Crippen LogP contribution is 2.37. The number of pyridine rings is 1. The maximum atomic E-state index is 13.1. The molecule has 0 saturated heterocycles. The fourth-order valence-corrected chi connectivity index (χ4v) is 4.20. The molecule has 6 nitrogen and oxygen atoms in total. The molecule has 0 saturated carbocycles. The van der Waals surface area contributed by atoms with Crippen LogP contribution in [0.25, 0.3) is 10.9 Å². The van der Waals surface area contributed by atoms with Gasteiger partial charge in [-0.1, -0.05) is 24.3 Å². The first-order chi connectivity index (χ1) is 16.1. The Morgan fingerprint density at radius 1 is 1.03 bits per heavy atom. The topological polar surface area (TPSA) is 65.4 Å². The van der Waals surface area contributed by atoms with E-state index < -0.39 is 0 Å². The van der Waals surface area contributed by atoms with E-state index in [-0.39, 0.29) is 11.8 Å². The van der Waals surface area contributed by atoms with Crippen molar-refractivity contribution in [2.75, 3.05) is 14.2 Å². The Kier molecular flexibility index (Phi) is 6.93. The number of hydrogen-bond donors (Lipinski definition) is 1. The van der Waals surface area contributed by atoms with Crippen molar-refractivity contribution in [3.8, 4) is 11.5 Å². The highest BCUT2D eigenvalue weighted by Gasteiger charge is 2.24. The van der Waals surface area contributed by atoms with Gasteiger partial charge in [0.2, 0.25) is 5.91 Å². The highest BCUT2D eigenvalue weighted by atomic mass is 16.5. The lowest BCUT2D eigenvalue weighted by Gasteiger charge is -2.19. The van der Waals surface area contributed by atoms with E-state index in [9.17, 15) is 4.79 Å². The molecule has 0 fully saturated rings. The summed E-state index contributed by atoms with van der Waals surface area (Å²) in [4.78, 5) is 17.4. The van der Waals surface area contributed by atoms with Crippen molar-refractivity contribution >= 4 is 16.8 Å². The molecule has 0 spiro atoms. The molecule has 2 heterocycles. The zero-order chi connectivity index (χ0) is 23.2. The first kappa shape index (κ1) is 22.4. The normalized spacial score (nSPS) is 11.8. The molecule has 4 rings (SSSR count). The molecule has 4 aromatic rings. The van der Waals surface area contributed by atoms with Crippen molar-refractivity contribution in [1.82, 2.24) is 14.9 Å². The lowest BCUT2D eigenvalue weighted by Crippen LogP contribution is -2.25. The van der Waals surface area contributed by atoms with Crippen molar-refractivity contribution in [1.29, 1.82) is 0 Å². The predicted molar refractivity (Wildman–Crippen MR) is 130 cm³/mol. The van der Waals surface area contributed by atoms with E-state index in [0.29, 0.717) is 24.5 Å². The second-order valence-corrected chi connectivity index (χ2v) is 7.89. The summed E-state index contributed by atoms with van der Waals surface area (Å²) in [5.74, 6) is 1.18.